The van der Waals surface area contributed by atoms with Gasteiger partial charge in [0.25, 0.3) is 11.8 Å². The van der Waals surface area contributed by atoms with E-state index < -0.39 is 23.6 Å². The molecule has 8 heteroatoms. The van der Waals surface area contributed by atoms with E-state index in [2.05, 4.69) is 4.98 Å². The van der Waals surface area contributed by atoms with Crippen molar-refractivity contribution in [1.29, 1.82) is 0 Å². The van der Waals surface area contributed by atoms with E-state index >= 15 is 0 Å². The van der Waals surface area contributed by atoms with Crippen molar-refractivity contribution >= 4 is 23.6 Å². The highest BCUT2D eigenvalue weighted by atomic mass is 32.2. The maximum Gasteiger partial charge on any atom is 0.417 e. The average Bonchev–Trinajstić information content (AvgIpc) is 2.77. The van der Waals surface area contributed by atoms with Gasteiger partial charge in [-0.25, -0.2) is 4.98 Å². The Labute approximate surface area is 133 Å². The zero-order valence-corrected chi connectivity index (χ0v) is 12.3. The van der Waals surface area contributed by atoms with Crippen LogP contribution in [0.2, 0.25) is 0 Å². The second-order valence-electron chi connectivity index (χ2n) is 4.74. The zero-order chi connectivity index (χ0) is 16.6. The lowest BCUT2D eigenvalue weighted by molar-refractivity contribution is -0.137. The predicted molar refractivity (Wildman–Crippen MR) is 76.9 cm³/mol. The van der Waals surface area contributed by atoms with Gasteiger partial charge in [0.05, 0.1) is 27.6 Å². The minimum absolute atomic E-state index is 0.00922. The highest BCUT2D eigenvalue weighted by Crippen LogP contribution is 2.30. The maximum atomic E-state index is 12.5. The van der Waals surface area contributed by atoms with Gasteiger partial charge >= 0.3 is 6.18 Å². The van der Waals surface area contributed by atoms with Crippen LogP contribution in [0.15, 0.2) is 47.6 Å². The third-order valence-corrected chi connectivity index (χ3v) is 4.21. The van der Waals surface area contributed by atoms with Gasteiger partial charge in [-0.1, -0.05) is 23.9 Å². The van der Waals surface area contributed by atoms with Crippen molar-refractivity contribution < 1.29 is 22.8 Å². The number of benzene rings is 1. The van der Waals surface area contributed by atoms with E-state index in [9.17, 15) is 22.8 Å². The zero-order valence-electron chi connectivity index (χ0n) is 11.5. The highest BCUT2D eigenvalue weighted by Gasteiger charge is 2.35. The van der Waals surface area contributed by atoms with E-state index in [0.717, 1.165) is 28.9 Å². The summed E-state index contributed by atoms with van der Waals surface area (Å²) in [6.45, 7) is 0. The van der Waals surface area contributed by atoms with Crippen LogP contribution in [0.4, 0.5) is 13.2 Å². The summed E-state index contributed by atoms with van der Waals surface area (Å²) < 4.78 is 37.4. The van der Waals surface area contributed by atoms with Gasteiger partial charge in [-0.15, -0.1) is 0 Å². The third-order valence-electron chi connectivity index (χ3n) is 3.28. The molecule has 1 aliphatic heterocycles. The molecule has 4 nitrogen and oxygen atoms in total. The van der Waals surface area contributed by atoms with Crippen molar-refractivity contribution in [2.75, 3.05) is 5.88 Å². The number of fused-ring (bicyclic) bond motifs is 1. The molecule has 0 N–H and O–H groups in total. The van der Waals surface area contributed by atoms with Crippen LogP contribution in [0.3, 0.4) is 0 Å². The number of pyridine rings is 1. The summed E-state index contributed by atoms with van der Waals surface area (Å²) in [5.74, 6) is -0.833. The molecule has 118 valence electrons. The van der Waals surface area contributed by atoms with E-state index in [1.807, 2.05) is 0 Å². The second-order valence-corrected chi connectivity index (χ2v) is 5.71. The summed E-state index contributed by atoms with van der Waals surface area (Å²) in [4.78, 5) is 29.0. The van der Waals surface area contributed by atoms with Crippen LogP contribution in [-0.2, 0) is 6.18 Å². The van der Waals surface area contributed by atoms with E-state index in [4.69, 9.17) is 0 Å². The summed E-state index contributed by atoms with van der Waals surface area (Å²) in [5.41, 5.74) is -0.181. The van der Waals surface area contributed by atoms with Crippen molar-refractivity contribution in [1.82, 2.24) is 9.88 Å². The summed E-state index contributed by atoms with van der Waals surface area (Å²) in [7, 11) is 0. The molecule has 1 aromatic carbocycles. The number of amides is 2. The Hall–Kier alpha value is -2.35. The van der Waals surface area contributed by atoms with E-state index in [1.165, 1.54) is 6.07 Å². The highest BCUT2D eigenvalue weighted by molar-refractivity contribution is 7.99. The fourth-order valence-electron chi connectivity index (χ4n) is 2.12. The predicted octanol–water partition coefficient (Wildman–Crippen LogP) is 3.45. The number of aromatic nitrogens is 1. The molecule has 0 saturated carbocycles. The number of halogens is 3. The third kappa shape index (κ3) is 2.94. The number of alkyl halides is 3. The first-order chi connectivity index (χ1) is 10.9. The molecule has 0 unspecified atom stereocenters. The minimum Gasteiger partial charge on any atom is -0.269 e. The first-order valence-corrected chi connectivity index (χ1v) is 7.48. The molecular weight excluding hydrogens is 329 g/mol. The molecule has 0 spiro atoms. The molecule has 0 aliphatic carbocycles. The fraction of sp³-hybridized carbons (Fsp3) is 0.133. The van der Waals surface area contributed by atoms with E-state index in [1.54, 1.807) is 24.3 Å². The lowest BCUT2D eigenvalue weighted by Crippen LogP contribution is -2.29. The number of nitrogens with zero attached hydrogens (tertiary/aromatic N) is 2. The number of carbonyl (C=O) groups excluding carboxylic acids is 2. The Balaban J connectivity index is 1.70. The molecule has 2 aromatic rings. The number of hydrogen-bond acceptors (Lipinski definition) is 4. The van der Waals surface area contributed by atoms with Crippen molar-refractivity contribution in [2.24, 2.45) is 0 Å². The van der Waals surface area contributed by atoms with Crippen molar-refractivity contribution in [2.45, 2.75) is 11.2 Å². The van der Waals surface area contributed by atoms with Gasteiger partial charge in [0.1, 0.15) is 0 Å². The molecular formula is C15H9F3N2O2S. The Bertz CT molecular complexity index is 740. The lowest BCUT2D eigenvalue weighted by Gasteiger charge is -2.13. The summed E-state index contributed by atoms with van der Waals surface area (Å²) in [6.07, 6.45) is -3.72. The van der Waals surface area contributed by atoms with Gasteiger partial charge in [-0.05, 0) is 24.3 Å². The standard InChI is InChI=1S/C15H9F3N2O2S/c16-15(17,18)9-5-6-12(19-7-9)23-8-20-13(21)10-3-1-2-4-11(10)14(20)22/h1-7H,8H2. The Morgan fingerprint density at radius 1 is 1.00 bits per heavy atom. The molecule has 0 bridgehead atoms. The van der Waals surface area contributed by atoms with Gasteiger partial charge in [-0.2, -0.15) is 13.2 Å². The van der Waals surface area contributed by atoms with Crippen molar-refractivity contribution in [3.8, 4) is 0 Å². The van der Waals surface area contributed by atoms with Crippen LogP contribution in [-0.4, -0.2) is 27.6 Å². The van der Waals surface area contributed by atoms with Gasteiger partial charge in [-0.3, -0.25) is 14.5 Å². The van der Waals surface area contributed by atoms with Crippen LogP contribution in [0, 0.1) is 0 Å². The summed E-state index contributed by atoms with van der Waals surface area (Å²) in [6, 6.07) is 8.59. The Morgan fingerprint density at radius 3 is 2.09 bits per heavy atom. The first-order valence-electron chi connectivity index (χ1n) is 6.49. The monoisotopic (exact) mass is 338 g/mol. The quantitative estimate of drug-likeness (QED) is 0.635. The number of thioether (sulfide) groups is 1. The van der Waals surface area contributed by atoms with Crippen LogP contribution in [0.1, 0.15) is 26.3 Å². The maximum absolute atomic E-state index is 12.5. The molecule has 0 fully saturated rings. The minimum atomic E-state index is -4.45. The largest absolute Gasteiger partial charge is 0.417 e. The molecule has 1 aliphatic rings. The SMILES string of the molecule is O=C1c2ccccc2C(=O)N1CSc1ccc(C(F)(F)F)cn1. The van der Waals surface area contributed by atoms with Crippen molar-refractivity contribution in [3.63, 3.8) is 0 Å². The van der Waals surface area contributed by atoms with E-state index in [0.29, 0.717) is 16.2 Å². The Kier molecular flexibility index (Phi) is 3.85. The number of carbonyl (C=O) groups is 2. The molecule has 23 heavy (non-hydrogen) atoms. The summed E-state index contributed by atoms with van der Waals surface area (Å²) in [5, 5.41) is 0.301. The first kappa shape index (κ1) is 15.5. The topological polar surface area (TPSA) is 50.3 Å². The molecule has 0 atom stereocenters. The molecule has 0 radical (unpaired) electrons. The summed E-state index contributed by atoms with van der Waals surface area (Å²) >= 11 is 1.02. The smallest absolute Gasteiger partial charge is 0.269 e. The molecule has 2 amide bonds. The van der Waals surface area contributed by atoms with Gasteiger partial charge in [0, 0.05) is 6.20 Å². The molecule has 3 rings (SSSR count). The van der Waals surface area contributed by atoms with Crippen LogP contribution >= 0.6 is 11.8 Å². The molecule has 1 aromatic heterocycles. The van der Waals surface area contributed by atoms with Crippen LogP contribution in [0.25, 0.3) is 0 Å². The van der Waals surface area contributed by atoms with Gasteiger partial charge < -0.3 is 0 Å². The van der Waals surface area contributed by atoms with Gasteiger partial charge in [0.15, 0.2) is 0 Å². The van der Waals surface area contributed by atoms with Crippen LogP contribution < -0.4 is 0 Å². The van der Waals surface area contributed by atoms with Crippen LogP contribution in [0.5, 0.6) is 0 Å². The Morgan fingerprint density at radius 2 is 1.61 bits per heavy atom. The number of rotatable bonds is 3. The second kappa shape index (κ2) is 5.69. The van der Waals surface area contributed by atoms with E-state index in [-0.39, 0.29) is 5.88 Å². The molecule has 2 heterocycles. The normalized spacial score (nSPS) is 14.3. The van der Waals surface area contributed by atoms with Crippen molar-refractivity contribution in [3.05, 3.63) is 59.3 Å². The number of hydrogen-bond donors (Lipinski definition) is 0. The average molecular weight is 338 g/mol. The number of imide groups is 1. The lowest BCUT2D eigenvalue weighted by atomic mass is 10.1. The van der Waals surface area contributed by atoms with Gasteiger partial charge in [0.2, 0.25) is 0 Å². The fourth-order valence-corrected chi connectivity index (χ4v) is 2.91. The molecule has 0 saturated heterocycles.